The zero-order valence-electron chi connectivity index (χ0n) is 13.3. The molecule has 7 heteroatoms. The second-order valence-corrected chi connectivity index (χ2v) is 6.44. The molecular formula is C14H28IN3O2S. The van der Waals surface area contributed by atoms with Crippen molar-refractivity contribution < 1.29 is 9.53 Å². The van der Waals surface area contributed by atoms with E-state index < -0.39 is 0 Å². The summed E-state index contributed by atoms with van der Waals surface area (Å²) in [5, 5.41) is 7.34. The second-order valence-electron chi connectivity index (χ2n) is 5.30. The van der Waals surface area contributed by atoms with E-state index in [0.717, 1.165) is 11.2 Å². The minimum Gasteiger partial charge on any atom is -0.463 e. The largest absolute Gasteiger partial charge is 0.463 e. The van der Waals surface area contributed by atoms with E-state index >= 15 is 0 Å². The molecule has 0 aromatic heterocycles. The van der Waals surface area contributed by atoms with Gasteiger partial charge in [0.1, 0.15) is 0 Å². The number of nitrogens with zero attached hydrogens (tertiary/aromatic N) is 1. The second kappa shape index (κ2) is 11.4. The minimum atomic E-state index is -0.175. The molecule has 0 amide bonds. The van der Waals surface area contributed by atoms with Crippen LogP contribution in [-0.2, 0) is 9.53 Å². The molecule has 1 aliphatic carbocycles. The minimum absolute atomic E-state index is 0. The van der Waals surface area contributed by atoms with Crippen molar-refractivity contribution in [2.75, 3.05) is 19.8 Å². The molecule has 0 radical (unpaired) electrons. The molecule has 21 heavy (non-hydrogen) atoms. The molecule has 0 aromatic carbocycles. The van der Waals surface area contributed by atoms with E-state index in [9.17, 15) is 4.79 Å². The van der Waals surface area contributed by atoms with Gasteiger partial charge in [0, 0.05) is 24.9 Å². The number of thioether (sulfide) groups is 1. The number of carbonyl (C=O) groups is 1. The lowest BCUT2D eigenvalue weighted by atomic mass is 10.2. The Hall–Kier alpha value is -0.180. The van der Waals surface area contributed by atoms with Crippen LogP contribution in [-0.4, -0.2) is 49.2 Å². The van der Waals surface area contributed by atoms with Gasteiger partial charge in [0.05, 0.1) is 12.5 Å². The maximum atomic E-state index is 11.4. The fourth-order valence-electron chi connectivity index (χ4n) is 2.28. The van der Waals surface area contributed by atoms with Crippen molar-refractivity contribution in [1.82, 2.24) is 10.6 Å². The molecule has 124 valence electrons. The van der Waals surface area contributed by atoms with Crippen LogP contribution in [0.4, 0.5) is 0 Å². The topological polar surface area (TPSA) is 62.7 Å². The average molecular weight is 429 g/mol. The molecule has 0 heterocycles. The highest BCUT2D eigenvalue weighted by atomic mass is 127. The number of ether oxygens (including phenoxy) is 1. The summed E-state index contributed by atoms with van der Waals surface area (Å²) in [5.74, 6) is 0.598. The molecule has 2 atom stereocenters. The summed E-state index contributed by atoms with van der Waals surface area (Å²) in [5.41, 5.74) is 0. The third-order valence-corrected chi connectivity index (χ3v) is 4.37. The Morgan fingerprint density at radius 3 is 2.67 bits per heavy atom. The van der Waals surface area contributed by atoms with Gasteiger partial charge in [-0.25, -0.2) is 0 Å². The lowest BCUT2D eigenvalue weighted by Gasteiger charge is -2.17. The normalized spacial score (nSPS) is 21.9. The summed E-state index contributed by atoms with van der Waals surface area (Å²) in [6.45, 7) is 4.26. The lowest BCUT2D eigenvalue weighted by Crippen LogP contribution is -2.43. The van der Waals surface area contributed by atoms with Gasteiger partial charge in [-0.1, -0.05) is 0 Å². The molecule has 0 bridgehead atoms. The molecule has 1 fully saturated rings. The molecule has 2 N–H and O–H groups in total. The monoisotopic (exact) mass is 429 g/mol. The Bertz CT molecular complexity index is 340. The standard InChI is InChI=1S/C14H27N3O2S.HI/c1-10(2)19-13(18)7-8-16-14(15-3)17-11-5-6-12(9-11)20-4;/h10-12H,5-9H2,1-4H3,(H2,15,16,17);1H. The predicted molar refractivity (Wildman–Crippen MR) is 101 cm³/mol. The first-order valence-corrected chi connectivity index (χ1v) is 8.53. The van der Waals surface area contributed by atoms with Crippen LogP contribution >= 0.6 is 35.7 Å². The molecule has 2 unspecified atom stereocenters. The first kappa shape index (κ1) is 20.8. The summed E-state index contributed by atoms with van der Waals surface area (Å²) in [4.78, 5) is 15.6. The van der Waals surface area contributed by atoms with Crippen molar-refractivity contribution >= 4 is 47.7 Å². The number of halogens is 1. The van der Waals surface area contributed by atoms with E-state index in [2.05, 4.69) is 21.9 Å². The summed E-state index contributed by atoms with van der Waals surface area (Å²) < 4.78 is 5.09. The number of hydrogen-bond donors (Lipinski definition) is 2. The van der Waals surface area contributed by atoms with Crippen LogP contribution in [0.2, 0.25) is 0 Å². The third-order valence-electron chi connectivity index (χ3n) is 3.27. The highest BCUT2D eigenvalue weighted by molar-refractivity contribution is 14.0. The van der Waals surface area contributed by atoms with E-state index in [1.165, 1.54) is 19.3 Å². The Morgan fingerprint density at radius 1 is 1.43 bits per heavy atom. The maximum Gasteiger partial charge on any atom is 0.307 e. The molecule has 1 saturated carbocycles. The molecule has 0 aromatic rings. The maximum absolute atomic E-state index is 11.4. The number of carbonyl (C=O) groups excluding carboxylic acids is 1. The number of aliphatic imine (C=N–C) groups is 1. The van der Waals surface area contributed by atoms with E-state index in [1.807, 2.05) is 25.6 Å². The van der Waals surface area contributed by atoms with Crippen molar-refractivity contribution in [2.45, 2.75) is 56.9 Å². The molecule has 1 aliphatic rings. The van der Waals surface area contributed by atoms with Crippen LogP contribution < -0.4 is 10.6 Å². The van der Waals surface area contributed by atoms with Crippen LogP contribution in [0.5, 0.6) is 0 Å². The molecule has 0 saturated heterocycles. The van der Waals surface area contributed by atoms with Crippen LogP contribution in [0.15, 0.2) is 4.99 Å². The predicted octanol–water partition coefficient (Wildman–Crippen LogP) is 2.40. The van der Waals surface area contributed by atoms with Crippen molar-refractivity contribution in [1.29, 1.82) is 0 Å². The van der Waals surface area contributed by atoms with Crippen LogP contribution in [0.1, 0.15) is 39.5 Å². The van der Waals surface area contributed by atoms with Crippen LogP contribution in [0, 0.1) is 0 Å². The van der Waals surface area contributed by atoms with E-state index in [1.54, 1.807) is 7.05 Å². The summed E-state index contributed by atoms with van der Waals surface area (Å²) >= 11 is 1.94. The van der Waals surface area contributed by atoms with Crippen molar-refractivity contribution in [3.05, 3.63) is 0 Å². The van der Waals surface area contributed by atoms with Gasteiger partial charge in [-0.3, -0.25) is 9.79 Å². The average Bonchev–Trinajstić information content (AvgIpc) is 2.84. The first-order valence-electron chi connectivity index (χ1n) is 7.24. The fraction of sp³-hybridized carbons (Fsp3) is 0.857. The Balaban J connectivity index is 0.00000400. The van der Waals surface area contributed by atoms with Gasteiger partial charge >= 0.3 is 5.97 Å². The van der Waals surface area contributed by atoms with Crippen molar-refractivity contribution in [3.63, 3.8) is 0 Å². The number of rotatable bonds is 6. The van der Waals surface area contributed by atoms with Crippen molar-refractivity contribution in [2.24, 2.45) is 4.99 Å². The van der Waals surface area contributed by atoms with E-state index in [4.69, 9.17) is 4.74 Å². The van der Waals surface area contributed by atoms with Gasteiger partial charge in [-0.05, 0) is 39.4 Å². The summed E-state index contributed by atoms with van der Waals surface area (Å²) in [6.07, 6.45) is 6.09. The highest BCUT2D eigenvalue weighted by Gasteiger charge is 2.24. The lowest BCUT2D eigenvalue weighted by molar-refractivity contribution is -0.147. The molecule has 5 nitrogen and oxygen atoms in total. The summed E-state index contributed by atoms with van der Waals surface area (Å²) in [7, 11) is 1.75. The first-order chi connectivity index (χ1) is 9.55. The van der Waals surface area contributed by atoms with Gasteiger partial charge in [-0.15, -0.1) is 24.0 Å². The SMILES string of the molecule is CN=C(NCCC(=O)OC(C)C)NC1CCC(SC)C1.I. The third kappa shape index (κ3) is 8.75. The number of guanidine groups is 1. The van der Waals surface area contributed by atoms with Crippen LogP contribution in [0.25, 0.3) is 0 Å². The van der Waals surface area contributed by atoms with Crippen molar-refractivity contribution in [3.8, 4) is 0 Å². The van der Waals surface area contributed by atoms with Gasteiger partial charge < -0.3 is 15.4 Å². The molecular weight excluding hydrogens is 401 g/mol. The number of nitrogens with one attached hydrogen (secondary N) is 2. The van der Waals surface area contributed by atoms with E-state index in [-0.39, 0.29) is 36.0 Å². The van der Waals surface area contributed by atoms with Gasteiger partial charge in [0.25, 0.3) is 0 Å². The Kier molecular flexibility index (Phi) is 11.3. The number of hydrogen-bond acceptors (Lipinski definition) is 4. The van der Waals surface area contributed by atoms with Gasteiger partial charge in [-0.2, -0.15) is 11.8 Å². The van der Waals surface area contributed by atoms with Gasteiger partial charge in [0.2, 0.25) is 0 Å². The van der Waals surface area contributed by atoms with Gasteiger partial charge in [0.15, 0.2) is 5.96 Å². The Labute approximate surface area is 149 Å². The fourth-order valence-corrected chi connectivity index (χ4v) is 3.07. The molecule has 0 spiro atoms. The summed E-state index contributed by atoms with van der Waals surface area (Å²) in [6, 6.07) is 0.487. The quantitative estimate of drug-likeness (QED) is 0.294. The number of esters is 1. The molecule has 0 aliphatic heterocycles. The smallest absolute Gasteiger partial charge is 0.307 e. The Morgan fingerprint density at radius 2 is 2.14 bits per heavy atom. The van der Waals surface area contributed by atoms with Crippen LogP contribution in [0.3, 0.4) is 0 Å². The zero-order valence-corrected chi connectivity index (χ0v) is 16.5. The highest BCUT2D eigenvalue weighted by Crippen LogP contribution is 2.27. The van der Waals surface area contributed by atoms with E-state index in [0.29, 0.717) is 19.0 Å². The molecule has 1 rings (SSSR count). The zero-order chi connectivity index (χ0) is 15.0.